The van der Waals surface area contributed by atoms with E-state index in [1.807, 2.05) is 0 Å². The Hall–Kier alpha value is -1.92. The van der Waals surface area contributed by atoms with Crippen LogP contribution in [0.4, 0.5) is 18.0 Å². The molecule has 0 bridgehead atoms. The lowest BCUT2D eigenvalue weighted by Crippen LogP contribution is -2.40. The molecule has 116 valence electrons. The molecule has 0 atom stereocenters. The molecule has 1 saturated carbocycles. The fraction of sp³-hybridized carbons (Fsp3) is 0.500. The van der Waals surface area contributed by atoms with Crippen molar-refractivity contribution in [3.05, 3.63) is 29.8 Å². The zero-order valence-electron chi connectivity index (χ0n) is 11.4. The summed E-state index contributed by atoms with van der Waals surface area (Å²) >= 11 is 0. The van der Waals surface area contributed by atoms with Gasteiger partial charge in [0.15, 0.2) is 0 Å². The minimum Gasteiger partial charge on any atom is -0.405 e. The number of benzene rings is 1. The van der Waals surface area contributed by atoms with Crippen LogP contribution < -0.4 is 15.4 Å². The first-order valence-electron chi connectivity index (χ1n) is 6.82. The van der Waals surface area contributed by atoms with Crippen LogP contribution in [0.5, 0.6) is 5.75 Å². The van der Waals surface area contributed by atoms with Gasteiger partial charge in [-0.2, -0.15) is 0 Å². The summed E-state index contributed by atoms with van der Waals surface area (Å²) in [7, 11) is 0. The molecule has 2 N–H and O–H groups in total. The van der Waals surface area contributed by atoms with Gasteiger partial charge in [0.2, 0.25) is 0 Å². The van der Waals surface area contributed by atoms with Gasteiger partial charge in [0.1, 0.15) is 5.75 Å². The van der Waals surface area contributed by atoms with Crippen molar-refractivity contribution in [2.75, 3.05) is 0 Å². The number of amides is 2. The quantitative estimate of drug-likeness (QED) is 0.896. The Balaban J connectivity index is 1.88. The summed E-state index contributed by atoms with van der Waals surface area (Å²) < 4.78 is 40.7. The van der Waals surface area contributed by atoms with Crippen LogP contribution in [0.15, 0.2) is 24.3 Å². The van der Waals surface area contributed by atoms with Gasteiger partial charge < -0.3 is 15.4 Å². The Bertz CT molecular complexity index is 485. The second kappa shape index (κ2) is 6.69. The highest BCUT2D eigenvalue weighted by molar-refractivity contribution is 5.74. The zero-order valence-corrected chi connectivity index (χ0v) is 11.4. The molecule has 0 aromatic heterocycles. The molecule has 2 amide bonds. The maximum Gasteiger partial charge on any atom is 0.573 e. The average molecular weight is 302 g/mol. The number of carbonyl (C=O) groups excluding carboxylic acids is 1. The summed E-state index contributed by atoms with van der Waals surface area (Å²) in [6.07, 6.45) is -0.676. The zero-order chi connectivity index (χ0) is 15.3. The predicted octanol–water partition coefficient (Wildman–Crippen LogP) is 3.33. The minimum absolute atomic E-state index is 0.0230. The van der Waals surface area contributed by atoms with Gasteiger partial charge in [-0.1, -0.05) is 31.0 Å². The molecule has 21 heavy (non-hydrogen) atoms. The molecule has 7 heteroatoms. The largest absolute Gasteiger partial charge is 0.573 e. The fourth-order valence-electron chi connectivity index (χ4n) is 2.36. The Labute approximate surface area is 120 Å². The first kappa shape index (κ1) is 15.5. The number of alkyl halides is 3. The summed E-state index contributed by atoms with van der Waals surface area (Å²) in [4.78, 5) is 11.7. The Morgan fingerprint density at radius 2 is 1.90 bits per heavy atom. The van der Waals surface area contributed by atoms with Crippen molar-refractivity contribution >= 4 is 6.03 Å². The third-order valence-electron chi connectivity index (χ3n) is 3.33. The summed E-state index contributed by atoms with van der Waals surface area (Å²) in [5.41, 5.74) is 0.274. The van der Waals surface area contributed by atoms with Gasteiger partial charge >= 0.3 is 12.4 Å². The van der Waals surface area contributed by atoms with Crippen LogP contribution in [0.1, 0.15) is 31.2 Å². The smallest absolute Gasteiger partial charge is 0.405 e. The van der Waals surface area contributed by atoms with E-state index in [-0.39, 0.29) is 29.9 Å². The van der Waals surface area contributed by atoms with Gasteiger partial charge in [-0.25, -0.2) is 4.79 Å². The van der Waals surface area contributed by atoms with Gasteiger partial charge in [-0.3, -0.25) is 0 Å². The third kappa shape index (κ3) is 5.17. The van der Waals surface area contributed by atoms with Crippen molar-refractivity contribution in [3.8, 4) is 5.75 Å². The molecule has 1 aromatic carbocycles. The maximum atomic E-state index is 12.3. The topological polar surface area (TPSA) is 50.4 Å². The molecule has 0 unspecified atom stereocenters. The van der Waals surface area contributed by atoms with Crippen molar-refractivity contribution in [1.82, 2.24) is 10.6 Å². The lowest BCUT2D eigenvalue weighted by Gasteiger charge is -2.15. The first-order valence-corrected chi connectivity index (χ1v) is 6.82. The summed E-state index contributed by atoms with van der Waals surface area (Å²) in [6.45, 7) is -0.0230. The van der Waals surface area contributed by atoms with E-state index >= 15 is 0 Å². The monoisotopic (exact) mass is 302 g/mol. The molecule has 0 radical (unpaired) electrons. The van der Waals surface area contributed by atoms with E-state index < -0.39 is 6.36 Å². The van der Waals surface area contributed by atoms with Crippen LogP contribution in [-0.4, -0.2) is 18.4 Å². The lowest BCUT2D eigenvalue weighted by molar-refractivity contribution is -0.274. The second-order valence-corrected chi connectivity index (χ2v) is 4.96. The molecule has 1 fully saturated rings. The van der Waals surface area contributed by atoms with Crippen LogP contribution in [0, 0.1) is 0 Å². The molecule has 1 aliphatic rings. The summed E-state index contributed by atoms with van der Waals surface area (Å²) in [5.74, 6) is -0.300. The highest BCUT2D eigenvalue weighted by Crippen LogP contribution is 2.26. The normalized spacial score (nSPS) is 15.8. The average Bonchev–Trinajstić information content (AvgIpc) is 2.89. The number of para-hydroxylation sites is 1. The van der Waals surface area contributed by atoms with E-state index in [1.165, 1.54) is 18.2 Å². The van der Waals surface area contributed by atoms with Crippen LogP contribution in [-0.2, 0) is 6.54 Å². The van der Waals surface area contributed by atoms with E-state index in [9.17, 15) is 18.0 Å². The SMILES string of the molecule is O=C(NCc1ccccc1OC(F)(F)F)NC1CCCC1. The first-order chi connectivity index (χ1) is 9.94. The van der Waals surface area contributed by atoms with E-state index in [1.54, 1.807) is 6.07 Å². The van der Waals surface area contributed by atoms with Crippen LogP contribution in [0.25, 0.3) is 0 Å². The Morgan fingerprint density at radius 3 is 2.57 bits per heavy atom. The molecular formula is C14H17F3N2O2. The van der Waals surface area contributed by atoms with Crippen molar-refractivity contribution in [1.29, 1.82) is 0 Å². The van der Waals surface area contributed by atoms with Crippen molar-refractivity contribution < 1.29 is 22.7 Å². The number of carbonyl (C=O) groups is 1. The molecule has 0 saturated heterocycles. The Kier molecular flexibility index (Phi) is 4.93. The minimum atomic E-state index is -4.75. The second-order valence-electron chi connectivity index (χ2n) is 4.96. The van der Waals surface area contributed by atoms with Gasteiger partial charge in [-0.05, 0) is 18.9 Å². The molecule has 1 aliphatic carbocycles. The number of rotatable bonds is 4. The predicted molar refractivity (Wildman–Crippen MR) is 70.8 cm³/mol. The van der Waals surface area contributed by atoms with Crippen LogP contribution in [0.2, 0.25) is 0 Å². The molecule has 0 spiro atoms. The number of ether oxygens (including phenoxy) is 1. The molecule has 4 nitrogen and oxygen atoms in total. The highest BCUT2D eigenvalue weighted by atomic mass is 19.4. The van der Waals surface area contributed by atoms with Crippen molar-refractivity contribution in [2.24, 2.45) is 0 Å². The standard InChI is InChI=1S/C14H17F3N2O2/c15-14(16,17)21-12-8-4-1-5-10(12)9-18-13(20)19-11-6-2-3-7-11/h1,4-5,8,11H,2-3,6-7,9H2,(H2,18,19,20). The van der Waals surface area contributed by atoms with Gasteiger partial charge in [0, 0.05) is 18.2 Å². The van der Waals surface area contributed by atoms with E-state index in [2.05, 4.69) is 15.4 Å². The van der Waals surface area contributed by atoms with Crippen LogP contribution in [0.3, 0.4) is 0 Å². The summed E-state index contributed by atoms with van der Waals surface area (Å²) in [6, 6.07) is 5.53. The van der Waals surface area contributed by atoms with Gasteiger partial charge in [-0.15, -0.1) is 13.2 Å². The molecule has 2 rings (SSSR count). The Morgan fingerprint density at radius 1 is 1.24 bits per heavy atom. The van der Waals surface area contributed by atoms with Crippen molar-refractivity contribution in [2.45, 2.75) is 44.6 Å². The van der Waals surface area contributed by atoms with E-state index in [4.69, 9.17) is 0 Å². The number of urea groups is 1. The van der Waals surface area contributed by atoms with Gasteiger partial charge in [0.25, 0.3) is 0 Å². The van der Waals surface area contributed by atoms with E-state index in [0.717, 1.165) is 25.7 Å². The van der Waals surface area contributed by atoms with Crippen LogP contribution >= 0.6 is 0 Å². The summed E-state index contributed by atoms with van der Waals surface area (Å²) in [5, 5.41) is 5.36. The highest BCUT2D eigenvalue weighted by Gasteiger charge is 2.32. The fourth-order valence-corrected chi connectivity index (χ4v) is 2.36. The lowest BCUT2D eigenvalue weighted by atomic mass is 10.2. The number of halogens is 3. The molecule has 0 aliphatic heterocycles. The molecular weight excluding hydrogens is 285 g/mol. The maximum absolute atomic E-state index is 12.3. The third-order valence-corrected chi connectivity index (χ3v) is 3.33. The number of nitrogens with one attached hydrogen (secondary N) is 2. The molecule has 1 aromatic rings. The van der Waals surface area contributed by atoms with Crippen molar-refractivity contribution in [3.63, 3.8) is 0 Å². The number of hydrogen-bond acceptors (Lipinski definition) is 2. The molecule has 0 heterocycles. The van der Waals surface area contributed by atoms with E-state index in [0.29, 0.717) is 0 Å². The van der Waals surface area contributed by atoms with Gasteiger partial charge in [0.05, 0.1) is 0 Å². The number of hydrogen-bond donors (Lipinski definition) is 2.